The highest BCUT2D eigenvalue weighted by Crippen LogP contribution is 2.15. The lowest BCUT2D eigenvalue weighted by atomic mass is 10.1. The second-order valence-corrected chi connectivity index (χ2v) is 4.44. The summed E-state index contributed by atoms with van der Waals surface area (Å²) in [5.74, 6) is 0.143. The van der Waals surface area contributed by atoms with Crippen LogP contribution in [0.5, 0.6) is 0 Å². The molecule has 1 heterocycles. The molecule has 5 nitrogen and oxygen atoms in total. The predicted octanol–water partition coefficient (Wildman–Crippen LogP) is 2.10. The van der Waals surface area contributed by atoms with Gasteiger partial charge < -0.3 is 14.8 Å². The van der Waals surface area contributed by atoms with Gasteiger partial charge in [-0.05, 0) is 32.9 Å². The number of nitrogens with zero attached hydrogens (tertiary/aromatic N) is 1. The van der Waals surface area contributed by atoms with Crippen LogP contribution in [0.4, 0.5) is 5.82 Å². The summed E-state index contributed by atoms with van der Waals surface area (Å²) in [5.41, 5.74) is 0.106. The highest BCUT2D eigenvalue weighted by Gasteiger charge is 2.19. The van der Waals surface area contributed by atoms with Gasteiger partial charge in [0.15, 0.2) is 0 Å². The van der Waals surface area contributed by atoms with Gasteiger partial charge in [-0.25, -0.2) is 9.78 Å². The first-order valence-electron chi connectivity index (χ1n) is 5.91. The molecule has 0 aromatic carbocycles. The topological polar surface area (TPSA) is 60.5 Å². The Morgan fingerprint density at radius 1 is 1.50 bits per heavy atom. The van der Waals surface area contributed by atoms with Crippen molar-refractivity contribution >= 4 is 11.8 Å². The molecule has 1 aromatic rings. The monoisotopic (exact) mass is 252 g/mol. The Morgan fingerprint density at radius 2 is 2.22 bits per heavy atom. The van der Waals surface area contributed by atoms with Crippen LogP contribution in [-0.4, -0.2) is 36.8 Å². The Morgan fingerprint density at radius 3 is 2.83 bits per heavy atom. The predicted molar refractivity (Wildman–Crippen MR) is 69.8 cm³/mol. The van der Waals surface area contributed by atoms with E-state index < -0.39 is 0 Å². The molecule has 0 radical (unpaired) electrons. The maximum Gasteiger partial charge on any atom is 0.341 e. The zero-order valence-electron chi connectivity index (χ0n) is 11.3. The third-order valence-electron chi connectivity index (χ3n) is 2.54. The Bertz CT molecular complexity index is 405. The minimum Gasteiger partial charge on any atom is -0.462 e. The van der Waals surface area contributed by atoms with Crippen LogP contribution in [0.3, 0.4) is 0 Å². The SMILES string of the molecule is CCOC(=O)c1cccnc1NCC(C)(C)OC. The average molecular weight is 252 g/mol. The molecule has 0 amide bonds. The number of hydrogen-bond acceptors (Lipinski definition) is 5. The number of pyridine rings is 1. The number of hydrogen-bond donors (Lipinski definition) is 1. The molecule has 0 aliphatic carbocycles. The number of methoxy groups -OCH3 is 1. The van der Waals surface area contributed by atoms with E-state index in [4.69, 9.17) is 9.47 Å². The second-order valence-electron chi connectivity index (χ2n) is 4.44. The maximum atomic E-state index is 11.7. The Balaban J connectivity index is 2.79. The fraction of sp³-hybridized carbons (Fsp3) is 0.538. The lowest BCUT2D eigenvalue weighted by molar-refractivity contribution is 0.0341. The van der Waals surface area contributed by atoms with Crippen LogP contribution in [-0.2, 0) is 9.47 Å². The molecular weight excluding hydrogens is 232 g/mol. The molecule has 0 atom stereocenters. The summed E-state index contributed by atoms with van der Waals surface area (Å²) < 4.78 is 10.3. The maximum absolute atomic E-state index is 11.7. The summed E-state index contributed by atoms with van der Waals surface area (Å²) in [5, 5.41) is 3.11. The molecule has 100 valence electrons. The first-order valence-corrected chi connectivity index (χ1v) is 5.91. The van der Waals surface area contributed by atoms with Crippen molar-refractivity contribution in [1.29, 1.82) is 0 Å². The lowest BCUT2D eigenvalue weighted by Crippen LogP contribution is -2.32. The van der Waals surface area contributed by atoms with Gasteiger partial charge in [0.05, 0.1) is 12.2 Å². The van der Waals surface area contributed by atoms with Crippen molar-refractivity contribution in [3.05, 3.63) is 23.9 Å². The van der Waals surface area contributed by atoms with E-state index in [0.29, 0.717) is 24.5 Å². The average Bonchev–Trinajstić information content (AvgIpc) is 2.37. The number of aromatic nitrogens is 1. The normalized spacial score (nSPS) is 11.1. The van der Waals surface area contributed by atoms with Crippen LogP contribution in [0.1, 0.15) is 31.1 Å². The van der Waals surface area contributed by atoms with Gasteiger partial charge in [-0.3, -0.25) is 0 Å². The van der Waals surface area contributed by atoms with Crippen molar-refractivity contribution in [3.63, 3.8) is 0 Å². The van der Waals surface area contributed by atoms with Gasteiger partial charge in [-0.2, -0.15) is 0 Å². The van der Waals surface area contributed by atoms with Crippen molar-refractivity contribution in [2.75, 3.05) is 25.6 Å². The summed E-state index contributed by atoms with van der Waals surface area (Å²) in [6.07, 6.45) is 1.63. The molecule has 5 heteroatoms. The standard InChI is InChI=1S/C13H20N2O3/c1-5-18-12(16)10-7-6-8-14-11(10)15-9-13(2,3)17-4/h6-8H,5,9H2,1-4H3,(H,14,15). The summed E-state index contributed by atoms with van der Waals surface area (Å²) in [6.45, 7) is 6.57. The van der Waals surface area contributed by atoms with Gasteiger partial charge in [-0.1, -0.05) is 0 Å². The number of nitrogens with one attached hydrogen (secondary N) is 1. The molecule has 0 spiro atoms. The fourth-order valence-electron chi connectivity index (χ4n) is 1.29. The molecule has 0 bridgehead atoms. The van der Waals surface area contributed by atoms with E-state index in [1.165, 1.54) is 0 Å². The lowest BCUT2D eigenvalue weighted by Gasteiger charge is -2.23. The number of carbonyl (C=O) groups excluding carboxylic acids is 1. The summed E-state index contributed by atoms with van der Waals surface area (Å²) in [4.78, 5) is 15.9. The molecule has 0 aliphatic heterocycles. The molecule has 0 fully saturated rings. The van der Waals surface area contributed by atoms with Gasteiger partial charge in [0, 0.05) is 19.9 Å². The molecular formula is C13H20N2O3. The fourth-order valence-corrected chi connectivity index (χ4v) is 1.29. The number of ether oxygens (including phenoxy) is 2. The van der Waals surface area contributed by atoms with Crippen LogP contribution < -0.4 is 5.32 Å². The van der Waals surface area contributed by atoms with E-state index in [1.54, 1.807) is 32.4 Å². The summed E-state index contributed by atoms with van der Waals surface area (Å²) in [6, 6.07) is 3.39. The molecule has 18 heavy (non-hydrogen) atoms. The smallest absolute Gasteiger partial charge is 0.341 e. The van der Waals surface area contributed by atoms with Crippen molar-refractivity contribution in [1.82, 2.24) is 4.98 Å². The molecule has 0 saturated heterocycles. The number of rotatable bonds is 6. The third kappa shape index (κ3) is 4.00. The first-order chi connectivity index (χ1) is 8.50. The zero-order valence-corrected chi connectivity index (χ0v) is 11.3. The van der Waals surface area contributed by atoms with Crippen LogP contribution in [0.25, 0.3) is 0 Å². The number of esters is 1. The minimum atomic E-state index is -0.372. The molecule has 1 rings (SSSR count). The van der Waals surface area contributed by atoms with Crippen molar-refractivity contribution in [2.24, 2.45) is 0 Å². The van der Waals surface area contributed by atoms with E-state index in [2.05, 4.69) is 10.3 Å². The second kappa shape index (κ2) is 6.35. The highest BCUT2D eigenvalue weighted by atomic mass is 16.5. The van der Waals surface area contributed by atoms with E-state index in [0.717, 1.165) is 0 Å². The van der Waals surface area contributed by atoms with E-state index in [-0.39, 0.29) is 11.6 Å². The molecule has 1 aromatic heterocycles. The van der Waals surface area contributed by atoms with Crippen molar-refractivity contribution in [3.8, 4) is 0 Å². The number of anilines is 1. The third-order valence-corrected chi connectivity index (χ3v) is 2.54. The van der Waals surface area contributed by atoms with Crippen molar-refractivity contribution < 1.29 is 14.3 Å². The first kappa shape index (κ1) is 14.4. The molecule has 0 saturated carbocycles. The molecule has 0 unspecified atom stereocenters. The largest absolute Gasteiger partial charge is 0.462 e. The van der Waals surface area contributed by atoms with E-state index in [1.807, 2.05) is 13.8 Å². The minimum absolute atomic E-state index is 0.330. The van der Waals surface area contributed by atoms with E-state index >= 15 is 0 Å². The van der Waals surface area contributed by atoms with Crippen LogP contribution >= 0.6 is 0 Å². The Labute approximate surface area is 108 Å². The summed E-state index contributed by atoms with van der Waals surface area (Å²) in [7, 11) is 1.65. The van der Waals surface area contributed by atoms with Gasteiger partial charge in [0.2, 0.25) is 0 Å². The van der Waals surface area contributed by atoms with Crippen LogP contribution in [0, 0.1) is 0 Å². The van der Waals surface area contributed by atoms with E-state index in [9.17, 15) is 4.79 Å². The summed E-state index contributed by atoms with van der Waals surface area (Å²) >= 11 is 0. The van der Waals surface area contributed by atoms with Gasteiger partial charge in [0.1, 0.15) is 11.4 Å². The van der Waals surface area contributed by atoms with Crippen LogP contribution in [0.2, 0.25) is 0 Å². The zero-order chi connectivity index (χ0) is 13.6. The van der Waals surface area contributed by atoms with Gasteiger partial charge in [0.25, 0.3) is 0 Å². The van der Waals surface area contributed by atoms with Crippen molar-refractivity contribution in [2.45, 2.75) is 26.4 Å². The quantitative estimate of drug-likeness (QED) is 0.786. The van der Waals surface area contributed by atoms with Gasteiger partial charge >= 0.3 is 5.97 Å². The highest BCUT2D eigenvalue weighted by molar-refractivity contribution is 5.94. The van der Waals surface area contributed by atoms with Crippen LogP contribution in [0.15, 0.2) is 18.3 Å². The number of carbonyl (C=O) groups is 1. The Kier molecular flexibility index (Phi) is 5.09. The Hall–Kier alpha value is -1.62. The van der Waals surface area contributed by atoms with Gasteiger partial charge in [-0.15, -0.1) is 0 Å². The molecule has 0 aliphatic rings. The molecule has 1 N–H and O–H groups in total.